The van der Waals surface area contributed by atoms with Gasteiger partial charge in [-0.25, -0.2) is 9.82 Å². The number of benzene rings is 1. The molecule has 0 saturated carbocycles. The Balaban J connectivity index is 1.77. The number of rotatable bonds is 5. The van der Waals surface area contributed by atoms with Crippen molar-refractivity contribution in [1.29, 1.82) is 0 Å². The van der Waals surface area contributed by atoms with Crippen LogP contribution >= 0.6 is 0 Å². The number of nitrogens with zero attached hydrogens (tertiary/aromatic N) is 4. The summed E-state index contributed by atoms with van der Waals surface area (Å²) in [6, 6.07) is 7.74. The Labute approximate surface area is 141 Å². The highest BCUT2D eigenvalue weighted by molar-refractivity contribution is 7.86. The maximum Gasteiger partial charge on any atom is 0.276 e. The molecule has 0 aliphatic carbocycles. The average molecular weight is 351 g/mol. The Hall–Kier alpha value is -1.94. The van der Waals surface area contributed by atoms with Gasteiger partial charge in [-0.15, -0.1) is 0 Å². The second-order valence-corrected chi connectivity index (χ2v) is 7.21. The predicted molar refractivity (Wildman–Crippen MR) is 90.1 cm³/mol. The Kier molecular flexibility index (Phi) is 4.86. The van der Waals surface area contributed by atoms with E-state index in [9.17, 15) is 8.42 Å². The van der Waals surface area contributed by atoms with Gasteiger partial charge in [-0.05, 0) is 29.8 Å². The van der Waals surface area contributed by atoms with Crippen LogP contribution in [0.4, 0.5) is 0 Å². The largest absolute Gasteiger partial charge is 0.497 e. The molecule has 1 aromatic heterocycles. The van der Waals surface area contributed by atoms with Crippen molar-refractivity contribution in [3.63, 3.8) is 0 Å². The van der Waals surface area contributed by atoms with Crippen LogP contribution in [0.1, 0.15) is 5.56 Å². The topological polar surface area (TPSA) is 93.7 Å². The van der Waals surface area contributed by atoms with Gasteiger partial charge in [0.05, 0.1) is 12.8 Å². The summed E-state index contributed by atoms with van der Waals surface area (Å²) in [4.78, 5) is 2.20. The standard InChI is InChI=1S/C15H21N5O3S/c1-23-14-3-4-15(20-6-2-5-17-20)13(11-14)12-18-7-9-19(10-8-18)24(16,21)22/h2-6,11H,7-10,12H2,1H3,(H2,16,21,22). The van der Waals surface area contributed by atoms with Crippen LogP contribution < -0.4 is 9.88 Å². The Bertz CT molecular complexity index is 783. The lowest BCUT2D eigenvalue weighted by Crippen LogP contribution is -2.50. The van der Waals surface area contributed by atoms with E-state index < -0.39 is 10.2 Å². The highest BCUT2D eigenvalue weighted by Gasteiger charge is 2.24. The molecule has 1 aliphatic heterocycles. The second-order valence-electron chi connectivity index (χ2n) is 5.67. The highest BCUT2D eigenvalue weighted by atomic mass is 32.2. The van der Waals surface area contributed by atoms with Gasteiger partial charge < -0.3 is 4.74 Å². The van der Waals surface area contributed by atoms with Crippen molar-refractivity contribution < 1.29 is 13.2 Å². The lowest BCUT2D eigenvalue weighted by Gasteiger charge is -2.33. The molecule has 0 bridgehead atoms. The van der Waals surface area contributed by atoms with Gasteiger partial charge in [-0.2, -0.15) is 17.8 Å². The lowest BCUT2D eigenvalue weighted by molar-refractivity contribution is 0.181. The smallest absolute Gasteiger partial charge is 0.276 e. The molecule has 1 fully saturated rings. The Morgan fingerprint density at radius 3 is 2.58 bits per heavy atom. The molecule has 8 nitrogen and oxygen atoms in total. The molecule has 0 unspecified atom stereocenters. The van der Waals surface area contributed by atoms with Crippen molar-refractivity contribution in [2.45, 2.75) is 6.54 Å². The molecule has 0 spiro atoms. The van der Waals surface area contributed by atoms with Crippen molar-refractivity contribution in [3.8, 4) is 11.4 Å². The van der Waals surface area contributed by atoms with Crippen molar-refractivity contribution in [2.24, 2.45) is 5.14 Å². The summed E-state index contributed by atoms with van der Waals surface area (Å²) in [5.74, 6) is 0.782. The molecular weight excluding hydrogens is 330 g/mol. The van der Waals surface area contributed by atoms with Gasteiger partial charge in [0.15, 0.2) is 0 Å². The lowest BCUT2D eigenvalue weighted by atomic mass is 10.1. The summed E-state index contributed by atoms with van der Waals surface area (Å²) in [5.41, 5.74) is 2.05. The monoisotopic (exact) mass is 351 g/mol. The second kappa shape index (κ2) is 6.89. The van der Waals surface area contributed by atoms with E-state index in [1.54, 1.807) is 13.3 Å². The number of nitrogens with two attached hydrogens (primary N) is 1. The van der Waals surface area contributed by atoms with Gasteiger partial charge in [-0.3, -0.25) is 4.90 Å². The third-order valence-corrected chi connectivity index (χ3v) is 5.21. The van der Waals surface area contributed by atoms with Crippen LogP contribution in [0.15, 0.2) is 36.7 Å². The minimum atomic E-state index is -3.60. The molecule has 2 aromatic rings. The molecule has 1 aliphatic rings. The van der Waals surface area contributed by atoms with Gasteiger partial charge in [0.25, 0.3) is 10.2 Å². The molecule has 130 valence electrons. The van der Waals surface area contributed by atoms with E-state index in [0.29, 0.717) is 32.7 Å². The van der Waals surface area contributed by atoms with Crippen molar-refractivity contribution in [1.82, 2.24) is 19.0 Å². The summed E-state index contributed by atoms with van der Waals surface area (Å²) in [6.45, 7) is 2.75. The fourth-order valence-electron chi connectivity index (χ4n) is 2.83. The first-order valence-corrected chi connectivity index (χ1v) is 9.15. The van der Waals surface area contributed by atoms with Crippen LogP contribution in [0.25, 0.3) is 5.69 Å². The normalized spacial score (nSPS) is 17.1. The summed E-state index contributed by atoms with van der Waals surface area (Å²) in [5, 5.41) is 9.48. The molecule has 24 heavy (non-hydrogen) atoms. The van der Waals surface area contributed by atoms with E-state index >= 15 is 0 Å². The van der Waals surface area contributed by atoms with Crippen molar-refractivity contribution in [2.75, 3.05) is 33.3 Å². The SMILES string of the molecule is COc1ccc(-n2cccn2)c(CN2CCN(S(N)(=O)=O)CC2)c1. The number of ether oxygens (including phenoxy) is 1. The maximum atomic E-state index is 11.4. The molecule has 3 rings (SSSR count). The highest BCUT2D eigenvalue weighted by Crippen LogP contribution is 2.23. The van der Waals surface area contributed by atoms with Crippen LogP contribution in [0, 0.1) is 0 Å². The molecule has 1 aromatic carbocycles. The average Bonchev–Trinajstić information content (AvgIpc) is 3.08. The fourth-order valence-corrected chi connectivity index (χ4v) is 3.51. The minimum Gasteiger partial charge on any atom is -0.497 e. The first-order chi connectivity index (χ1) is 11.5. The molecule has 2 N–H and O–H groups in total. The van der Waals surface area contributed by atoms with Gasteiger partial charge in [0.2, 0.25) is 0 Å². The first kappa shape index (κ1) is 16.9. The van der Waals surface area contributed by atoms with Crippen LogP contribution in [-0.4, -0.2) is 60.7 Å². The quantitative estimate of drug-likeness (QED) is 0.831. The van der Waals surface area contributed by atoms with Crippen LogP contribution in [0.2, 0.25) is 0 Å². The van der Waals surface area contributed by atoms with E-state index in [1.165, 1.54) is 4.31 Å². The third-order valence-electron chi connectivity index (χ3n) is 4.12. The van der Waals surface area contributed by atoms with Crippen molar-refractivity contribution in [3.05, 3.63) is 42.2 Å². The fraction of sp³-hybridized carbons (Fsp3) is 0.400. The Morgan fingerprint density at radius 2 is 2.00 bits per heavy atom. The van der Waals surface area contributed by atoms with Gasteiger partial charge in [-0.1, -0.05) is 0 Å². The molecule has 0 radical (unpaired) electrons. The first-order valence-electron chi connectivity index (χ1n) is 7.64. The van der Waals surface area contributed by atoms with E-state index in [0.717, 1.165) is 17.0 Å². The molecule has 0 amide bonds. The number of piperazine rings is 1. The minimum absolute atomic E-state index is 0.403. The van der Waals surface area contributed by atoms with Crippen LogP contribution in [-0.2, 0) is 16.8 Å². The maximum absolute atomic E-state index is 11.4. The number of methoxy groups -OCH3 is 1. The molecule has 0 atom stereocenters. The molecule has 9 heteroatoms. The zero-order valence-corrected chi connectivity index (χ0v) is 14.3. The van der Waals surface area contributed by atoms with Gasteiger partial charge in [0.1, 0.15) is 5.75 Å². The summed E-state index contributed by atoms with van der Waals surface area (Å²) >= 11 is 0. The third kappa shape index (κ3) is 3.75. The van der Waals surface area contributed by atoms with Gasteiger partial charge in [0, 0.05) is 45.1 Å². The number of hydrogen-bond donors (Lipinski definition) is 1. The van der Waals surface area contributed by atoms with E-state index in [2.05, 4.69) is 10.00 Å². The summed E-state index contributed by atoms with van der Waals surface area (Å²) in [6.07, 6.45) is 3.63. The molecule has 1 saturated heterocycles. The summed E-state index contributed by atoms with van der Waals surface area (Å²) < 4.78 is 31.3. The number of hydrogen-bond acceptors (Lipinski definition) is 5. The van der Waals surface area contributed by atoms with Gasteiger partial charge >= 0.3 is 0 Å². The zero-order chi connectivity index (χ0) is 17.2. The zero-order valence-electron chi connectivity index (χ0n) is 13.5. The van der Waals surface area contributed by atoms with Crippen molar-refractivity contribution >= 4 is 10.2 Å². The number of aromatic nitrogens is 2. The van der Waals surface area contributed by atoms with E-state index in [4.69, 9.17) is 9.88 Å². The van der Waals surface area contributed by atoms with Crippen LogP contribution in [0.3, 0.4) is 0 Å². The predicted octanol–water partition coefficient (Wildman–Crippen LogP) is 0.202. The molecular formula is C15H21N5O3S. The van der Waals surface area contributed by atoms with E-state index in [1.807, 2.05) is 35.1 Å². The Morgan fingerprint density at radius 1 is 1.25 bits per heavy atom. The van der Waals surface area contributed by atoms with E-state index in [-0.39, 0.29) is 0 Å². The molecule has 2 heterocycles. The van der Waals surface area contributed by atoms with Crippen LogP contribution in [0.5, 0.6) is 5.75 Å². The summed E-state index contributed by atoms with van der Waals surface area (Å²) in [7, 11) is -1.97.